The van der Waals surface area contributed by atoms with E-state index in [1.165, 1.54) is 0 Å². The molecule has 0 spiro atoms. The normalized spacial score (nSPS) is 11.2. The summed E-state index contributed by atoms with van der Waals surface area (Å²) in [5.41, 5.74) is 1.91. The Hall–Kier alpha value is -2.13. The number of nitrogens with two attached hydrogens (primary N) is 1. The van der Waals surface area contributed by atoms with Gasteiger partial charge in [0.2, 0.25) is 11.5 Å². The number of anilines is 1. The zero-order valence-corrected chi connectivity index (χ0v) is 7.78. The van der Waals surface area contributed by atoms with Crippen LogP contribution in [0.1, 0.15) is 5.69 Å². The molecule has 0 saturated heterocycles. The molecule has 0 fully saturated rings. The highest BCUT2D eigenvalue weighted by atomic mass is 19.4. The van der Waals surface area contributed by atoms with Gasteiger partial charge in [0.25, 0.3) is 0 Å². The lowest BCUT2D eigenvalue weighted by molar-refractivity contribution is -0.387. The molecule has 1 heterocycles. The molecule has 10 heteroatoms. The average molecular weight is 238 g/mol. The minimum Gasteiger partial charge on any atom is -0.467 e. The largest absolute Gasteiger partial charge is 0.467 e. The van der Waals surface area contributed by atoms with Crippen molar-refractivity contribution < 1.29 is 22.8 Å². The molecule has 0 aliphatic carbocycles. The highest BCUT2D eigenvalue weighted by molar-refractivity contribution is 5.56. The number of hydrogen-bond donors (Lipinski definition) is 1. The first-order valence-electron chi connectivity index (χ1n) is 3.70. The Bertz CT molecular complexity index is 434. The highest BCUT2D eigenvalue weighted by Gasteiger charge is 2.43. The van der Waals surface area contributed by atoms with Crippen molar-refractivity contribution in [2.75, 3.05) is 12.8 Å². The van der Waals surface area contributed by atoms with E-state index in [1.54, 1.807) is 0 Å². The number of rotatable bonds is 2. The standard InChI is InChI=1S/C6H5F3N4O3/c1-16-5-11-3(6(7,8)9)2(13(14)15)4(10)12-5/h1H3,(H2,10,11,12). The molecule has 1 aromatic heterocycles. The smallest absolute Gasteiger partial charge is 0.440 e. The van der Waals surface area contributed by atoms with Gasteiger partial charge >= 0.3 is 17.9 Å². The van der Waals surface area contributed by atoms with E-state index in [-0.39, 0.29) is 0 Å². The molecule has 0 radical (unpaired) electrons. The van der Waals surface area contributed by atoms with Crippen LogP contribution in [0.3, 0.4) is 0 Å². The predicted octanol–water partition coefficient (Wildman–Crippen LogP) is 0.994. The molecular formula is C6H5F3N4O3. The monoisotopic (exact) mass is 238 g/mol. The molecule has 7 nitrogen and oxygen atoms in total. The minimum absolute atomic E-state index is 0.685. The van der Waals surface area contributed by atoms with Crippen molar-refractivity contribution >= 4 is 11.5 Å². The first-order chi connectivity index (χ1) is 7.27. The molecule has 0 amide bonds. The maximum atomic E-state index is 12.4. The van der Waals surface area contributed by atoms with Crippen LogP contribution in [0.2, 0.25) is 0 Å². The van der Waals surface area contributed by atoms with Crippen molar-refractivity contribution in [3.05, 3.63) is 15.8 Å². The number of alkyl halides is 3. The number of methoxy groups -OCH3 is 1. The third-order valence-electron chi connectivity index (χ3n) is 1.52. The Kier molecular flexibility index (Phi) is 2.83. The second-order valence-corrected chi connectivity index (χ2v) is 2.55. The molecular weight excluding hydrogens is 233 g/mol. The van der Waals surface area contributed by atoms with E-state index >= 15 is 0 Å². The Labute approximate surface area is 86.2 Å². The van der Waals surface area contributed by atoms with Gasteiger partial charge in [-0.05, 0) is 0 Å². The second kappa shape index (κ2) is 3.79. The van der Waals surface area contributed by atoms with Crippen LogP contribution in [0.4, 0.5) is 24.7 Å². The van der Waals surface area contributed by atoms with E-state index in [9.17, 15) is 23.3 Å². The summed E-state index contributed by atoms with van der Waals surface area (Å²) in [6.45, 7) is 0. The summed E-state index contributed by atoms with van der Waals surface area (Å²) in [5.74, 6) is -0.899. The van der Waals surface area contributed by atoms with E-state index in [1.807, 2.05) is 0 Å². The van der Waals surface area contributed by atoms with E-state index in [0.717, 1.165) is 7.11 Å². The van der Waals surface area contributed by atoms with Crippen molar-refractivity contribution in [3.8, 4) is 6.01 Å². The molecule has 1 rings (SSSR count). The molecule has 0 unspecified atom stereocenters. The molecule has 0 atom stereocenters. The van der Waals surface area contributed by atoms with Crippen molar-refractivity contribution in [2.45, 2.75) is 6.18 Å². The molecule has 2 N–H and O–H groups in total. The molecule has 0 aliphatic heterocycles. The number of nitrogen functional groups attached to an aromatic ring is 1. The summed E-state index contributed by atoms with van der Waals surface area (Å²) in [5, 5.41) is 10.4. The van der Waals surface area contributed by atoms with E-state index in [0.29, 0.717) is 0 Å². The summed E-state index contributed by atoms with van der Waals surface area (Å²) in [6.07, 6.45) is -5.01. The number of halogens is 3. The minimum atomic E-state index is -5.01. The number of ether oxygens (including phenoxy) is 1. The van der Waals surface area contributed by atoms with E-state index in [2.05, 4.69) is 14.7 Å². The summed E-state index contributed by atoms with van der Waals surface area (Å²) < 4.78 is 41.5. The van der Waals surface area contributed by atoms with Gasteiger partial charge in [0.1, 0.15) is 0 Å². The maximum Gasteiger partial charge on any atom is 0.440 e. The number of nitro groups is 1. The van der Waals surface area contributed by atoms with E-state index < -0.39 is 34.3 Å². The fraction of sp³-hybridized carbons (Fsp3) is 0.333. The zero-order valence-electron chi connectivity index (χ0n) is 7.78. The highest BCUT2D eigenvalue weighted by Crippen LogP contribution is 2.37. The first-order valence-corrected chi connectivity index (χ1v) is 3.70. The summed E-state index contributed by atoms with van der Waals surface area (Å²) in [4.78, 5) is 15.2. The van der Waals surface area contributed by atoms with Gasteiger partial charge in [-0.15, -0.1) is 0 Å². The maximum absolute atomic E-state index is 12.4. The first kappa shape index (κ1) is 11.9. The Balaban J connectivity index is 3.53. The third-order valence-corrected chi connectivity index (χ3v) is 1.52. The average Bonchev–Trinajstić information content (AvgIpc) is 2.14. The molecule has 0 aliphatic rings. The summed E-state index contributed by atoms with van der Waals surface area (Å²) >= 11 is 0. The lowest BCUT2D eigenvalue weighted by atomic mass is 10.3. The summed E-state index contributed by atoms with van der Waals surface area (Å²) in [7, 11) is 1.01. The third kappa shape index (κ3) is 2.10. The van der Waals surface area contributed by atoms with Gasteiger partial charge in [0.05, 0.1) is 12.0 Å². The van der Waals surface area contributed by atoms with Crippen molar-refractivity contribution in [1.29, 1.82) is 0 Å². The van der Waals surface area contributed by atoms with Gasteiger partial charge in [0, 0.05) is 0 Å². The number of aromatic nitrogens is 2. The SMILES string of the molecule is COc1nc(N)c([N+](=O)[O-])c(C(F)(F)F)n1. The predicted molar refractivity (Wildman–Crippen MR) is 44.7 cm³/mol. The van der Waals surface area contributed by atoms with Crippen LogP contribution in [-0.2, 0) is 6.18 Å². The van der Waals surface area contributed by atoms with Crippen molar-refractivity contribution in [2.24, 2.45) is 0 Å². The van der Waals surface area contributed by atoms with E-state index in [4.69, 9.17) is 5.73 Å². The zero-order chi connectivity index (χ0) is 12.5. The van der Waals surface area contributed by atoms with Gasteiger partial charge < -0.3 is 10.5 Å². The molecule has 0 aromatic carbocycles. The van der Waals surface area contributed by atoms with Gasteiger partial charge in [0.15, 0.2) is 0 Å². The Morgan fingerprint density at radius 1 is 1.44 bits per heavy atom. The lowest BCUT2D eigenvalue weighted by Crippen LogP contribution is -2.15. The fourth-order valence-electron chi connectivity index (χ4n) is 0.920. The molecule has 0 saturated carbocycles. The van der Waals surface area contributed by atoms with Crippen molar-refractivity contribution in [1.82, 2.24) is 9.97 Å². The molecule has 1 aromatic rings. The van der Waals surface area contributed by atoms with Gasteiger partial charge in [-0.2, -0.15) is 23.1 Å². The van der Waals surface area contributed by atoms with Gasteiger partial charge in [-0.25, -0.2) is 0 Å². The van der Waals surface area contributed by atoms with Crippen LogP contribution in [0.25, 0.3) is 0 Å². The van der Waals surface area contributed by atoms with Gasteiger partial charge in [-0.1, -0.05) is 0 Å². The number of hydrogen-bond acceptors (Lipinski definition) is 6. The van der Waals surface area contributed by atoms with Gasteiger partial charge in [-0.3, -0.25) is 10.1 Å². The fourth-order valence-corrected chi connectivity index (χ4v) is 0.920. The topological polar surface area (TPSA) is 104 Å². The Morgan fingerprint density at radius 2 is 2.00 bits per heavy atom. The second-order valence-electron chi connectivity index (χ2n) is 2.55. The number of nitrogens with zero attached hydrogens (tertiary/aromatic N) is 3. The summed E-state index contributed by atoms with van der Waals surface area (Å²) in [6, 6.07) is -0.685. The van der Waals surface area contributed by atoms with Crippen LogP contribution < -0.4 is 10.5 Å². The van der Waals surface area contributed by atoms with Crippen molar-refractivity contribution in [3.63, 3.8) is 0 Å². The quantitative estimate of drug-likeness (QED) is 0.608. The van der Waals surface area contributed by atoms with Crippen LogP contribution in [0, 0.1) is 10.1 Å². The Morgan fingerprint density at radius 3 is 2.38 bits per heavy atom. The lowest BCUT2D eigenvalue weighted by Gasteiger charge is -2.08. The molecule has 88 valence electrons. The van der Waals surface area contributed by atoms with Crippen LogP contribution in [-0.4, -0.2) is 22.0 Å². The van der Waals surface area contributed by atoms with Crippen LogP contribution in [0.15, 0.2) is 0 Å². The molecule has 16 heavy (non-hydrogen) atoms. The molecule has 0 bridgehead atoms. The van der Waals surface area contributed by atoms with Crippen LogP contribution in [0.5, 0.6) is 6.01 Å². The van der Waals surface area contributed by atoms with Crippen LogP contribution >= 0.6 is 0 Å².